The topological polar surface area (TPSA) is 92.3 Å². The van der Waals surface area contributed by atoms with Crippen molar-refractivity contribution in [3.8, 4) is 0 Å². The molecule has 0 saturated carbocycles. The van der Waals surface area contributed by atoms with Crippen molar-refractivity contribution >= 4 is 73.0 Å². The van der Waals surface area contributed by atoms with Crippen LogP contribution < -0.4 is 9.62 Å². The first-order valence-electron chi connectivity index (χ1n) is 7.35. The lowest BCUT2D eigenvalue weighted by Gasteiger charge is -2.28. The quantitative estimate of drug-likeness (QED) is 0.505. The molecule has 26 heavy (non-hydrogen) atoms. The van der Waals surface area contributed by atoms with Gasteiger partial charge in [-0.1, -0.05) is 53.2 Å². The third kappa shape index (κ3) is 5.23. The summed E-state index contributed by atoms with van der Waals surface area (Å²) >= 11 is 14.8. The van der Waals surface area contributed by atoms with Crippen molar-refractivity contribution in [3.05, 3.63) is 28.2 Å². The summed E-state index contributed by atoms with van der Waals surface area (Å²) in [6.07, 6.45) is 0.995. The number of carbonyl (C=O) groups is 1. The van der Waals surface area contributed by atoms with Crippen LogP contribution in [-0.2, 0) is 14.8 Å². The SMILES string of the molecule is CCSc1nnc(NC(=O)C(C)N(c2cc(Cl)ccc2Cl)S(C)(=O)=O)s1. The molecule has 1 unspecified atom stereocenters. The maximum Gasteiger partial charge on any atom is 0.249 e. The number of carbonyl (C=O) groups excluding carboxylic acids is 1. The smallest absolute Gasteiger partial charge is 0.249 e. The van der Waals surface area contributed by atoms with Crippen molar-refractivity contribution in [2.45, 2.75) is 24.2 Å². The molecule has 0 spiro atoms. The first-order chi connectivity index (χ1) is 12.1. The lowest BCUT2D eigenvalue weighted by molar-refractivity contribution is -0.116. The van der Waals surface area contributed by atoms with Gasteiger partial charge in [0.05, 0.1) is 17.0 Å². The van der Waals surface area contributed by atoms with E-state index in [1.54, 1.807) is 0 Å². The van der Waals surface area contributed by atoms with Gasteiger partial charge in [0.25, 0.3) is 0 Å². The van der Waals surface area contributed by atoms with Crippen molar-refractivity contribution in [2.24, 2.45) is 0 Å². The largest absolute Gasteiger partial charge is 0.299 e. The maximum absolute atomic E-state index is 12.6. The molecule has 1 heterocycles. The lowest BCUT2D eigenvalue weighted by atomic mass is 10.2. The van der Waals surface area contributed by atoms with Crippen LogP contribution in [0.15, 0.2) is 22.5 Å². The Hall–Kier alpha value is -1.07. The van der Waals surface area contributed by atoms with Gasteiger partial charge in [0.15, 0.2) is 4.34 Å². The average molecular weight is 455 g/mol. The van der Waals surface area contributed by atoms with Gasteiger partial charge in [-0.05, 0) is 30.9 Å². The molecule has 7 nitrogen and oxygen atoms in total. The highest BCUT2D eigenvalue weighted by atomic mass is 35.5. The summed E-state index contributed by atoms with van der Waals surface area (Å²) in [5.41, 5.74) is 0.129. The van der Waals surface area contributed by atoms with Crippen LogP contribution >= 0.6 is 46.3 Å². The van der Waals surface area contributed by atoms with Crippen molar-refractivity contribution < 1.29 is 13.2 Å². The molecule has 142 valence electrons. The van der Waals surface area contributed by atoms with Crippen LogP contribution in [0.1, 0.15) is 13.8 Å². The van der Waals surface area contributed by atoms with E-state index < -0.39 is 22.0 Å². The van der Waals surface area contributed by atoms with Crippen LogP contribution in [-0.4, -0.2) is 42.6 Å². The van der Waals surface area contributed by atoms with E-state index in [9.17, 15) is 13.2 Å². The molecule has 1 N–H and O–H groups in total. The number of nitrogens with zero attached hydrogens (tertiary/aromatic N) is 3. The third-order valence-electron chi connectivity index (χ3n) is 3.14. The molecule has 0 bridgehead atoms. The number of sulfonamides is 1. The number of hydrogen-bond acceptors (Lipinski definition) is 7. The number of benzene rings is 1. The minimum atomic E-state index is -3.80. The van der Waals surface area contributed by atoms with Gasteiger partial charge in [-0.25, -0.2) is 8.42 Å². The second-order valence-electron chi connectivity index (χ2n) is 5.13. The zero-order chi connectivity index (χ0) is 19.5. The molecule has 0 aliphatic carbocycles. The van der Waals surface area contributed by atoms with Crippen LogP contribution in [0.5, 0.6) is 0 Å². The number of aromatic nitrogens is 2. The van der Waals surface area contributed by atoms with E-state index in [-0.39, 0.29) is 10.7 Å². The molecular formula is C14H16Cl2N4O3S3. The summed E-state index contributed by atoms with van der Waals surface area (Å²) in [4.78, 5) is 12.6. The van der Waals surface area contributed by atoms with Gasteiger partial charge in [0, 0.05) is 5.02 Å². The Morgan fingerprint density at radius 1 is 1.38 bits per heavy atom. The minimum absolute atomic E-state index is 0.129. The molecule has 1 amide bonds. The van der Waals surface area contributed by atoms with Crippen molar-refractivity contribution in [3.63, 3.8) is 0 Å². The van der Waals surface area contributed by atoms with Crippen LogP contribution in [0.4, 0.5) is 10.8 Å². The Labute approximate surface area is 170 Å². The average Bonchev–Trinajstić information content (AvgIpc) is 2.97. The predicted molar refractivity (Wildman–Crippen MR) is 108 cm³/mol. The van der Waals surface area contributed by atoms with Gasteiger partial charge in [-0.15, -0.1) is 10.2 Å². The normalized spacial score (nSPS) is 12.7. The van der Waals surface area contributed by atoms with E-state index in [1.165, 1.54) is 48.2 Å². The fourth-order valence-corrected chi connectivity index (χ4v) is 5.34. The minimum Gasteiger partial charge on any atom is -0.299 e. The summed E-state index contributed by atoms with van der Waals surface area (Å²) in [6, 6.07) is 3.33. The summed E-state index contributed by atoms with van der Waals surface area (Å²) < 4.78 is 26.2. The Bertz CT molecular complexity index is 905. The van der Waals surface area contributed by atoms with E-state index in [1.807, 2.05) is 6.92 Å². The van der Waals surface area contributed by atoms with Crippen molar-refractivity contribution in [2.75, 3.05) is 21.6 Å². The molecule has 0 aliphatic rings. The molecule has 1 atom stereocenters. The highest BCUT2D eigenvalue weighted by Crippen LogP contribution is 2.32. The Morgan fingerprint density at radius 3 is 2.69 bits per heavy atom. The zero-order valence-electron chi connectivity index (χ0n) is 14.1. The van der Waals surface area contributed by atoms with Crippen molar-refractivity contribution in [1.82, 2.24) is 10.2 Å². The predicted octanol–water partition coefficient (Wildman–Crippen LogP) is 3.75. The Kier molecular flexibility index (Phi) is 7.14. The number of rotatable bonds is 7. The maximum atomic E-state index is 12.6. The molecule has 0 radical (unpaired) electrons. The fourth-order valence-electron chi connectivity index (χ4n) is 2.09. The highest BCUT2D eigenvalue weighted by Gasteiger charge is 2.31. The first kappa shape index (κ1) is 21.2. The number of amides is 1. The number of halogens is 2. The molecule has 2 rings (SSSR count). The summed E-state index contributed by atoms with van der Waals surface area (Å²) in [7, 11) is -3.80. The summed E-state index contributed by atoms with van der Waals surface area (Å²) in [6.45, 7) is 3.43. The molecule has 2 aromatic rings. The summed E-state index contributed by atoms with van der Waals surface area (Å²) in [5, 5.41) is 11.2. The molecule has 0 aliphatic heterocycles. The van der Waals surface area contributed by atoms with E-state index in [0.717, 1.165) is 16.3 Å². The zero-order valence-corrected chi connectivity index (χ0v) is 18.0. The van der Waals surface area contributed by atoms with Gasteiger partial charge in [0.1, 0.15) is 6.04 Å². The number of nitrogens with one attached hydrogen (secondary N) is 1. The van der Waals surface area contributed by atoms with Crippen LogP contribution in [0, 0.1) is 0 Å². The van der Waals surface area contributed by atoms with Crippen LogP contribution in [0.2, 0.25) is 10.0 Å². The second kappa shape index (κ2) is 8.75. The van der Waals surface area contributed by atoms with Gasteiger partial charge < -0.3 is 0 Å². The molecule has 12 heteroatoms. The first-order valence-corrected chi connectivity index (χ1v) is 11.8. The summed E-state index contributed by atoms with van der Waals surface area (Å²) in [5.74, 6) is 0.268. The Morgan fingerprint density at radius 2 is 2.08 bits per heavy atom. The number of hydrogen-bond donors (Lipinski definition) is 1. The molecular weight excluding hydrogens is 439 g/mol. The van der Waals surface area contributed by atoms with Crippen LogP contribution in [0.25, 0.3) is 0 Å². The van der Waals surface area contributed by atoms with E-state index >= 15 is 0 Å². The second-order valence-corrected chi connectivity index (χ2v) is 10.3. The lowest BCUT2D eigenvalue weighted by Crippen LogP contribution is -2.45. The highest BCUT2D eigenvalue weighted by molar-refractivity contribution is 8.01. The fraction of sp³-hybridized carbons (Fsp3) is 0.357. The molecule has 1 aromatic heterocycles. The molecule has 1 aromatic carbocycles. The monoisotopic (exact) mass is 454 g/mol. The van der Waals surface area contributed by atoms with Gasteiger partial charge >= 0.3 is 0 Å². The van der Waals surface area contributed by atoms with Gasteiger partial charge in [0.2, 0.25) is 21.1 Å². The Balaban J connectivity index is 2.30. The van der Waals surface area contributed by atoms with Gasteiger partial charge in [-0.3, -0.25) is 14.4 Å². The number of thioether (sulfide) groups is 1. The van der Waals surface area contributed by atoms with Gasteiger partial charge in [-0.2, -0.15) is 0 Å². The molecule has 0 saturated heterocycles. The van der Waals surface area contributed by atoms with E-state index in [0.29, 0.717) is 14.5 Å². The van der Waals surface area contributed by atoms with Crippen LogP contribution in [0.3, 0.4) is 0 Å². The van der Waals surface area contributed by atoms with E-state index in [4.69, 9.17) is 23.2 Å². The standard InChI is InChI=1S/C14H16Cl2N4O3S3/c1-4-24-14-19-18-13(25-14)17-12(21)8(2)20(26(3,22)23)11-7-9(15)5-6-10(11)16/h5-8H,4H2,1-3H3,(H,17,18,21). The number of anilines is 2. The third-order valence-corrected chi connectivity index (χ3v) is 6.77. The van der Waals surface area contributed by atoms with E-state index in [2.05, 4.69) is 15.5 Å². The molecule has 0 fully saturated rings. The van der Waals surface area contributed by atoms with Crippen molar-refractivity contribution in [1.29, 1.82) is 0 Å².